The van der Waals surface area contributed by atoms with Crippen LogP contribution in [0.1, 0.15) is 19.8 Å². The molecule has 1 amide bonds. The van der Waals surface area contributed by atoms with E-state index in [1.165, 1.54) is 11.8 Å². The summed E-state index contributed by atoms with van der Waals surface area (Å²) in [4.78, 5) is 23.7. The minimum Gasteiger partial charge on any atom is -0.502 e. The average molecular weight is 282 g/mol. The first kappa shape index (κ1) is 15.9. The van der Waals surface area contributed by atoms with Crippen LogP contribution in [-0.2, 0) is 4.79 Å². The van der Waals surface area contributed by atoms with Crippen LogP contribution in [0.2, 0.25) is 0 Å². The molecule has 0 radical (unpaired) electrons. The number of amides is 1. The van der Waals surface area contributed by atoms with Gasteiger partial charge in [-0.1, -0.05) is 12.7 Å². The summed E-state index contributed by atoms with van der Waals surface area (Å²) in [5.74, 6) is -1.27. The van der Waals surface area contributed by atoms with E-state index in [1.807, 2.05) is 0 Å². The Morgan fingerprint density at radius 3 is 2.70 bits per heavy atom. The van der Waals surface area contributed by atoms with Crippen LogP contribution in [0.25, 0.3) is 0 Å². The van der Waals surface area contributed by atoms with Gasteiger partial charge in [-0.2, -0.15) is 0 Å². The predicted octanol–water partition coefficient (Wildman–Crippen LogP) is 1.15. The van der Waals surface area contributed by atoms with Crippen LogP contribution in [0.5, 0.6) is 0 Å². The van der Waals surface area contributed by atoms with E-state index >= 15 is 0 Å². The Labute approximate surface area is 116 Å². The number of nitrogens with zero attached hydrogens (tertiary/aromatic N) is 2. The molecule has 1 atom stereocenters. The van der Waals surface area contributed by atoms with Gasteiger partial charge in [-0.05, 0) is 25.8 Å². The first-order valence-corrected chi connectivity index (χ1v) is 6.26. The van der Waals surface area contributed by atoms with Gasteiger partial charge in [0, 0.05) is 6.54 Å². The number of likely N-dealkylation sites (tertiary alicyclic amines) is 1. The summed E-state index contributed by atoms with van der Waals surface area (Å²) < 4.78 is 0. The second kappa shape index (κ2) is 6.85. The summed E-state index contributed by atoms with van der Waals surface area (Å²) in [5.41, 5.74) is -0.775. The van der Waals surface area contributed by atoms with Gasteiger partial charge in [-0.3, -0.25) is 14.9 Å². The van der Waals surface area contributed by atoms with Gasteiger partial charge >= 0.3 is 5.70 Å². The largest absolute Gasteiger partial charge is 0.502 e. The number of rotatable bonds is 5. The third kappa shape index (κ3) is 3.05. The zero-order valence-corrected chi connectivity index (χ0v) is 11.3. The Hall–Kier alpha value is -2.15. The molecule has 20 heavy (non-hydrogen) atoms. The standard InChI is InChI=1S/C13H18N2O5/c1-3-10(12(17)11(4-2)15(19)20)13(18)14-7-5-6-9(14)8-16/h3-4,9,16-17H,1,5-8H2,2H3/b11-4+,12-10-/t9-/m1/s1. The number of nitro groups is 1. The fourth-order valence-corrected chi connectivity index (χ4v) is 2.20. The predicted molar refractivity (Wildman–Crippen MR) is 72.4 cm³/mol. The molecule has 2 N–H and O–H groups in total. The van der Waals surface area contributed by atoms with Gasteiger partial charge in [0.15, 0.2) is 0 Å². The highest BCUT2D eigenvalue weighted by Gasteiger charge is 2.32. The third-order valence-corrected chi connectivity index (χ3v) is 3.25. The molecule has 0 unspecified atom stereocenters. The zero-order chi connectivity index (χ0) is 15.3. The molecule has 1 aliphatic rings. The van der Waals surface area contributed by atoms with E-state index in [0.717, 1.165) is 18.6 Å². The van der Waals surface area contributed by atoms with E-state index in [-0.39, 0.29) is 18.2 Å². The van der Waals surface area contributed by atoms with Crippen molar-refractivity contribution in [2.45, 2.75) is 25.8 Å². The highest BCUT2D eigenvalue weighted by atomic mass is 16.6. The molecule has 0 aromatic heterocycles. The van der Waals surface area contributed by atoms with Crippen molar-refractivity contribution in [1.82, 2.24) is 4.90 Å². The van der Waals surface area contributed by atoms with Crippen LogP contribution in [-0.4, -0.2) is 45.1 Å². The number of carbonyl (C=O) groups excluding carboxylic acids is 1. The van der Waals surface area contributed by atoms with E-state index in [2.05, 4.69) is 6.58 Å². The maximum atomic E-state index is 12.3. The molecule has 0 saturated carbocycles. The second-order valence-corrected chi connectivity index (χ2v) is 4.37. The van der Waals surface area contributed by atoms with Crippen molar-refractivity contribution in [2.24, 2.45) is 0 Å². The minimum atomic E-state index is -0.764. The molecule has 0 aromatic rings. The monoisotopic (exact) mass is 282 g/mol. The van der Waals surface area contributed by atoms with Gasteiger partial charge in [-0.25, -0.2) is 0 Å². The molecule has 7 nitrogen and oxygen atoms in total. The fraction of sp³-hybridized carbons (Fsp3) is 0.462. The highest BCUT2D eigenvalue weighted by Crippen LogP contribution is 2.22. The van der Waals surface area contributed by atoms with Crippen molar-refractivity contribution in [3.05, 3.63) is 45.9 Å². The molecule has 1 rings (SSSR count). The van der Waals surface area contributed by atoms with Gasteiger partial charge in [0.25, 0.3) is 5.91 Å². The van der Waals surface area contributed by atoms with Crippen molar-refractivity contribution in [1.29, 1.82) is 0 Å². The van der Waals surface area contributed by atoms with Crippen LogP contribution in [0.4, 0.5) is 0 Å². The number of hydrogen-bond acceptors (Lipinski definition) is 5. The smallest absolute Gasteiger partial charge is 0.307 e. The summed E-state index contributed by atoms with van der Waals surface area (Å²) >= 11 is 0. The van der Waals surface area contributed by atoms with Gasteiger partial charge < -0.3 is 15.1 Å². The van der Waals surface area contributed by atoms with Gasteiger partial charge in [0.1, 0.15) is 0 Å². The number of allylic oxidation sites excluding steroid dienone is 1. The van der Waals surface area contributed by atoms with Crippen molar-refractivity contribution in [3.63, 3.8) is 0 Å². The van der Waals surface area contributed by atoms with Crippen LogP contribution in [0.3, 0.4) is 0 Å². The van der Waals surface area contributed by atoms with E-state index in [0.29, 0.717) is 13.0 Å². The van der Waals surface area contributed by atoms with E-state index in [9.17, 15) is 25.1 Å². The van der Waals surface area contributed by atoms with Crippen LogP contribution >= 0.6 is 0 Å². The van der Waals surface area contributed by atoms with Gasteiger partial charge in [0.2, 0.25) is 5.76 Å². The average Bonchev–Trinajstić information content (AvgIpc) is 2.87. The summed E-state index contributed by atoms with van der Waals surface area (Å²) in [6, 6.07) is -0.324. The highest BCUT2D eigenvalue weighted by molar-refractivity contribution is 5.97. The Morgan fingerprint density at radius 2 is 2.25 bits per heavy atom. The summed E-state index contributed by atoms with van der Waals surface area (Å²) in [6.45, 7) is 5.08. The van der Waals surface area contributed by atoms with Crippen LogP contribution in [0.15, 0.2) is 35.8 Å². The number of hydrogen-bond donors (Lipinski definition) is 2. The molecule has 0 aromatic carbocycles. The SMILES string of the molecule is C=C/C(C(=O)N1CCC[C@@H]1CO)=C(O)\C(=C/C)[N+](=O)[O-]. The zero-order valence-electron chi connectivity index (χ0n) is 11.3. The third-order valence-electron chi connectivity index (χ3n) is 3.25. The Bertz CT molecular complexity index is 481. The van der Waals surface area contributed by atoms with E-state index < -0.39 is 22.3 Å². The van der Waals surface area contributed by atoms with Crippen LogP contribution in [0, 0.1) is 10.1 Å². The molecule has 1 fully saturated rings. The molecule has 0 spiro atoms. The Balaban J connectivity index is 3.15. The summed E-state index contributed by atoms with van der Waals surface area (Å²) in [7, 11) is 0. The van der Waals surface area contributed by atoms with E-state index in [4.69, 9.17) is 0 Å². The van der Waals surface area contributed by atoms with Crippen molar-refractivity contribution in [3.8, 4) is 0 Å². The number of carbonyl (C=O) groups is 1. The Morgan fingerprint density at radius 1 is 1.60 bits per heavy atom. The fourth-order valence-electron chi connectivity index (χ4n) is 2.20. The lowest BCUT2D eigenvalue weighted by Gasteiger charge is -2.23. The molecule has 0 bridgehead atoms. The van der Waals surface area contributed by atoms with Gasteiger partial charge in [-0.15, -0.1) is 0 Å². The second-order valence-electron chi connectivity index (χ2n) is 4.37. The first-order valence-electron chi connectivity index (χ1n) is 6.26. The lowest BCUT2D eigenvalue weighted by molar-refractivity contribution is -0.424. The molecular formula is C13H18N2O5. The van der Waals surface area contributed by atoms with Crippen LogP contribution < -0.4 is 0 Å². The molecule has 1 heterocycles. The quantitative estimate of drug-likeness (QED) is 0.259. The molecule has 0 aliphatic carbocycles. The molecule has 1 saturated heterocycles. The lowest BCUT2D eigenvalue weighted by atomic mass is 10.1. The van der Waals surface area contributed by atoms with Crippen molar-refractivity contribution < 1.29 is 19.9 Å². The number of aliphatic hydroxyl groups excluding tert-OH is 2. The molecular weight excluding hydrogens is 264 g/mol. The van der Waals surface area contributed by atoms with Gasteiger partial charge in [0.05, 0.1) is 23.1 Å². The maximum Gasteiger partial charge on any atom is 0.307 e. The topological polar surface area (TPSA) is 104 Å². The first-order chi connectivity index (χ1) is 9.47. The number of aliphatic hydroxyl groups is 2. The summed E-state index contributed by atoms with van der Waals surface area (Å²) in [5, 5.41) is 29.9. The minimum absolute atomic E-state index is 0.178. The molecule has 1 aliphatic heterocycles. The Kier molecular flexibility index (Phi) is 5.45. The summed E-state index contributed by atoms with van der Waals surface area (Å²) in [6.07, 6.45) is 3.62. The molecule has 110 valence electrons. The molecule has 7 heteroatoms. The maximum absolute atomic E-state index is 12.3. The van der Waals surface area contributed by atoms with E-state index in [1.54, 1.807) is 0 Å². The van der Waals surface area contributed by atoms with Crippen molar-refractivity contribution >= 4 is 5.91 Å². The lowest BCUT2D eigenvalue weighted by Crippen LogP contribution is -2.38. The van der Waals surface area contributed by atoms with Crippen molar-refractivity contribution in [2.75, 3.05) is 13.2 Å². The normalized spacial score (nSPS) is 20.6.